The van der Waals surface area contributed by atoms with Crippen molar-refractivity contribution in [1.29, 1.82) is 0 Å². The van der Waals surface area contributed by atoms with Gasteiger partial charge in [0, 0.05) is 5.69 Å². The number of nitrogens with zero attached hydrogens (tertiary/aromatic N) is 1. The van der Waals surface area contributed by atoms with Gasteiger partial charge in [-0.3, -0.25) is 9.59 Å². The van der Waals surface area contributed by atoms with Gasteiger partial charge in [0.05, 0.1) is 12.1 Å². The van der Waals surface area contributed by atoms with Crippen LogP contribution in [0.2, 0.25) is 0 Å². The van der Waals surface area contributed by atoms with Crippen molar-refractivity contribution in [2.24, 2.45) is 0 Å². The van der Waals surface area contributed by atoms with Gasteiger partial charge in [0.25, 0.3) is 5.91 Å². The summed E-state index contributed by atoms with van der Waals surface area (Å²) < 4.78 is 0. The predicted molar refractivity (Wildman–Crippen MR) is 93.2 cm³/mol. The van der Waals surface area contributed by atoms with Crippen molar-refractivity contribution in [3.05, 3.63) is 53.6 Å². The normalized spacial score (nSPS) is 17.4. The Bertz CT molecular complexity index is 801. The van der Waals surface area contributed by atoms with Crippen LogP contribution in [0.4, 0.5) is 11.4 Å². The molecule has 0 bridgehead atoms. The summed E-state index contributed by atoms with van der Waals surface area (Å²) in [5.74, 6) is -0.387. The van der Waals surface area contributed by atoms with E-state index in [2.05, 4.69) is 5.32 Å². The lowest BCUT2D eigenvalue weighted by Crippen LogP contribution is -2.35. The van der Waals surface area contributed by atoms with Crippen molar-refractivity contribution < 1.29 is 14.7 Å². The molecule has 0 saturated carbocycles. The molecule has 0 spiro atoms. The first kappa shape index (κ1) is 16.1. The number of nitrogens with one attached hydrogen (secondary N) is 1. The third-order valence-corrected chi connectivity index (χ3v) is 4.30. The molecule has 0 radical (unpaired) electrons. The molecule has 1 aliphatic heterocycles. The highest BCUT2D eigenvalue weighted by Crippen LogP contribution is 2.30. The van der Waals surface area contributed by atoms with Crippen molar-refractivity contribution in [2.75, 3.05) is 10.2 Å². The number of hydrogen-bond acceptors (Lipinski definition) is 4. The minimum Gasteiger partial charge on any atom is -0.508 e. The van der Waals surface area contributed by atoms with E-state index in [1.54, 1.807) is 19.1 Å². The van der Waals surface area contributed by atoms with Crippen LogP contribution < -0.4 is 10.2 Å². The Morgan fingerprint density at radius 1 is 1.21 bits per heavy atom. The number of rotatable bonds is 4. The molecule has 24 heavy (non-hydrogen) atoms. The average molecular weight is 324 g/mol. The van der Waals surface area contributed by atoms with Gasteiger partial charge in [0.2, 0.25) is 5.91 Å². The maximum atomic E-state index is 12.7. The molecule has 2 aromatic rings. The number of phenols is 1. The van der Waals surface area contributed by atoms with E-state index in [4.69, 9.17) is 0 Å². The molecule has 2 amide bonds. The molecular formula is C19H20N2O3. The number of carbonyl (C=O) groups is 2. The lowest BCUT2D eigenvalue weighted by molar-refractivity contribution is -0.121. The third-order valence-electron chi connectivity index (χ3n) is 4.30. The van der Waals surface area contributed by atoms with Crippen molar-refractivity contribution in [1.82, 2.24) is 0 Å². The molecule has 1 saturated heterocycles. The molecule has 1 atom stereocenters. The number of imide groups is 1. The predicted octanol–water partition coefficient (Wildman–Crippen LogP) is 3.01. The fourth-order valence-corrected chi connectivity index (χ4v) is 3.05. The van der Waals surface area contributed by atoms with Crippen LogP contribution >= 0.6 is 0 Å². The molecule has 0 aromatic heterocycles. The van der Waals surface area contributed by atoms with E-state index in [0.29, 0.717) is 11.3 Å². The summed E-state index contributed by atoms with van der Waals surface area (Å²) in [7, 11) is 0. The number of aromatic hydroxyl groups is 1. The smallest absolute Gasteiger partial charge is 0.256 e. The number of anilines is 2. The van der Waals surface area contributed by atoms with E-state index in [1.165, 1.54) is 11.0 Å². The van der Waals surface area contributed by atoms with Crippen LogP contribution in [-0.4, -0.2) is 23.0 Å². The number of benzene rings is 2. The highest BCUT2D eigenvalue weighted by Gasteiger charge is 2.40. The average Bonchev–Trinajstić information content (AvgIpc) is 2.83. The Labute approximate surface area is 140 Å². The van der Waals surface area contributed by atoms with Crippen LogP contribution in [0, 0.1) is 6.92 Å². The first-order chi connectivity index (χ1) is 11.5. The molecule has 3 rings (SSSR count). The number of phenolic OH excluding ortho intramolecular Hbond substituents is 1. The van der Waals surface area contributed by atoms with E-state index in [-0.39, 0.29) is 24.0 Å². The molecule has 0 aliphatic carbocycles. The lowest BCUT2D eigenvalue weighted by atomic mass is 10.1. The number of aryl methyl sites for hydroxylation is 2. The number of amides is 2. The van der Waals surface area contributed by atoms with Crippen LogP contribution in [0.25, 0.3) is 0 Å². The fourth-order valence-electron chi connectivity index (χ4n) is 3.05. The minimum absolute atomic E-state index is 0.113. The highest BCUT2D eigenvalue weighted by atomic mass is 16.3. The summed E-state index contributed by atoms with van der Waals surface area (Å²) in [4.78, 5) is 26.3. The molecule has 1 unspecified atom stereocenters. The SMILES string of the molecule is CCc1ccccc1NC1CC(=O)N(c2ccc(O)cc2C)C1=O. The second-order valence-corrected chi connectivity index (χ2v) is 5.95. The van der Waals surface area contributed by atoms with Gasteiger partial charge < -0.3 is 10.4 Å². The Balaban J connectivity index is 1.86. The van der Waals surface area contributed by atoms with Gasteiger partial charge in [-0.2, -0.15) is 0 Å². The third kappa shape index (κ3) is 2.85. The van der Waals surface area contributed by atoms with E-state index in [0.717, 1.165) is 17.7 Å². The zero-order valence-corrected chi connectivity index (χ0v) is 13.7. The molecule has 5 heteroatoms. The molecular weight excluding hydrogens is 304 g/mol. The second kappa shape index (κ2) is 6.35. The molecule has 1 fully saturated rings. The van der Waals surface area contributed by atoms with Crippen LogP contribution in [0.1, 0.15) is 24.5 Å². The van der Waals surface area contributed by atoms with E-state index >= 15 is 0 Å². The lowest BCUT2D eigenvalue weighted by Gasteiger charge is -2.19. The summed E-state index contributed by atoms with van der Waals surface area (Å²) in [6.07, 6.45) is 0.968. The van der Waals surface area contributed by atoms with Crippen LogP contribution in [0.15, 0.2) is 42.5 Å². The quantitative estimate of drug-likeness (QED) is 0.848. The number of para-hydroxylation sites is 1. The molecule has 5 nitrogen and oxygen atoms in total. The summed E-state index contributed by atoms with van der Waals surface area (Å²) in [6.45, 7) is 3.82. The van der Waals surface area contributed by atoms with Gasteiger partial charge in [0.15, 0.2) is 0 Å². The maximum absolute atomic E-state index is 12.7. The Kier molecular flexibility index (Phi) is 4.25. The zero-order chi connectivity index (χ0) is 17.3. The van der Waals surface area contributed by atoms with Gasteiger partial charge in [0.1, 0.15) is 11.8 Å². The summed E-state index contributed by atoms with van der Waals surface area (Å²) in [5, 5.41) is 12.7. The topological polar surface area (TPSA) is 69.6 Å². The van der Waals surface area contributed by atoms with Gasteiger partial charge >= 0.3 is 0 Å². The van der Waals surface area contributed by atoms with Crippen LogP contribution in [0.5, 0.6) is 5.75 Å². The summed E-state index contributed by atoms with van der Waals surface area (Å²) >= 11 is 0. The monoisotopic (exact) mass is 324 g/mol. The first-order valence-corrected chi connectivity index (χ1v) is 8.02. The highest BCUT2D eigenvalue weighted by molar-refractivity contribution is 6.23. The van der Waals surface area contributed by atoms with Gasteiger partial charge in [-0.1, -0.05) is 25.1 Å². The molecule has 2 N–H and O–H groups in total. The van der Waals surface area contributed by atoms with Crippen LogP contribution in [-0.2, 0) is 16.0 Å². The molecule has 1 heterocycles. The largest absolute Gasteiger partial charge is 0.508 e. The minimum atomic E-state index is -0.571. The summed E-state index contributed by atoms with van der Waals surface area (Å²) in [6, 6.07) is 11.8. The van der Waals surface area contributed by atoms with Crippen LogP contribution in [0.3, 0.4) is 0 Å². The van der Waals surface area contributed by atoms with Crippen molar-refractivity contribution in [3.8, 4) is 5.75 Å². The van der Waals surface area contributed by atoms with Gasteiger partial charge in [-0.05, 0) is 48.7 Å². The van der Waals surface area contributed by atoms with Crippen molar-refractivity contribution in [2.45, 2.75) is 32.7 Å². The first-order valence-electron chi connectivity index (χ1n) is 8.02. The van der Waals surface area contributed by atoms with E-state index < -0.39 is 6.04 Å². The van der Waals surface area contributed by atoms with Gasteiger partial charge in [-0.15, -0.1) is 0 Å². The number of hydrogen-bond donors (Lipinski definition) is 2. The summed E-state index contributed by atoms with van der Waals surface area (Å²) in [5.41, 5.74) is 3.20. The Hall–Kier alpha value is -2.82. The number of carbonyl (C=O) groups excluding carboxylic acids is 2. The molecule has 124 valence electrons. The maximum Gasteiger partial charge on any atom is 0.256 e. The Morgan fingerprint density at radius 2 is 1.96 bits per heavy atom. The van der Waals surface area contributed by atoms with Crippen molar-refractivity contribution >= 4 is 23.2 Å². The van der Waals surface area contributed by atoms with Gasteiger partial charge in [-0.25, -0.2) is 4.90 Å². The Morgan fingerprint density at radius 3 is 2.67 bits per heavy atom. The van der Waals surface area contributed by atoms with E-state index in [9.17, 15) is 14.7 Å². The fraction of sp³-hybridized carbons (Fsp3) is 0.263. The zero-order valence-electron chi connectivity index (χ0n) is 13.7. The second-order valence-electron chi connectivity index (χ2n) is 5.95. The molecule has 1 aliphatic rings. The standard InChI is InChI=1S/C19H20N2O3/c1-3-13-6-4-5-7-15(13)20-16-11-18(23)21(19(16)24)17-9-8-14(22)10-12(17)2/h4-10,16,20,22H,3,11H2,1-2H3. The van der Waals surface area contributed by atoms with Crippen molar-refractivity contribution in [3.63, 3.8) is 0 Å². The van der Waals surface area contributed by atoms with E-state index in [1.807, 2.05) is 31.2 Å². The molecule has 2 aromatic carbocycles.